The van der Waals surface area contributed by atoms with E-state index in [1.54, 1.807) is 0 Å². The van der Waals surface area contributed by atoms with Gasteiger partial charge in [0.1, 0.15) is 13.2 Å². The minimum Gasteiger partial charge on any atom is -0.486 e. The number of rotatable bonds is 5. The molecule has 24 heavy (non-hydrogen) atoms. The maximum absolute atomic E-state index is 5.85. The minimum absolute atomic E-state index is 0.0973. The second kappa shape index (κ2) is 7.30. The van der Waals surface area contributed by atoms with E-state index in [1.807, 2.05) is 6.07 Å². The lowest BCUT2D eigenvalue weighted by molar-refractivity contribution is -0.0952. The van der Waals surface area contributed by atoms with E-state index < -0.39 is 0 Å². The van der Waals surface area contributed by atoms with Crippen LogP contribution in [0.15, 0.2) is 18.2 Å². The van der Waals surface area contributed by atoms with Crippen molar-refractivity contribution in [3.8, 4) is 11.5 Å². The Hall–Kier alpha value is -1.30. The molecule has 5 nitrogen and oxygen atoms in total. The Morgan fingerprint density at radius 1 is 1.08 bits per heavy atom. The quantitative estimate of drug-likeness (QED) is 0.896. The summed E-state index contributed by atoms with van der Waals surface area (Å²) in [5.41, 5.74) is 1.32. The van der Waals surface area contributed by atoms with Gasteiger partial charge in [-0.3, -0.25) is 4.90 Å². The molecule has 1 aromatic carbocycles. The van der Waals surface area contributed by atoms with Crippen molar-refractivity contribution in [3.63, 3.8) is 0 Å². The lowest BCUT2D eigenvalue weighted by atomic mass is 10.00. The summed E-state index contributed by atoms with van der Waals surface area (Å²) in [6, 6.07) is 6.18. The summed E-state index contributed by atoms with van der Waals surface area (Å²) in [6.45, 7) is 13.9. The smallest absolute Gasteiger partial charge is 0.161 e. The van der Waals surface area contributed by atoms with Crippen molar-refractivity contribution < 1.29 is 14.2 Å². The molecular formula is C19H30N2O3. The third kappa shape index (κ3) is 4.21. The van der Waals surface area contributed by atoms with Gasteiger partial charge >= 0.3 is 0 Å². The van der Waals surface area contributed by atoms with Crippen LogP contribution in [-0.4, -0.2) is 55.5 Å². The van der Waals surface area contributed by atoms with Crippen LogP contribution in [0.25, 0.3) is 0 Å². The molecule has 2 unspecified atom stereocenters. The van der Waals surface area contributed by atoms with Gasteiger partial charge in [-0.05, 0) is 45.4 Å². The first-order valence-corrected chi connectivity index (χ1v) is 8.94. The van der Waals surface area contributed by atoms with E-state index >= 15 is 0 Å². The largest absolute Gasteiger partial charge is 0.486 e. The van der Waals surface area contributed by atoms with Gasteiger partial charge in [-0.25, -0.2) is 0 Å². The van der Waals surface area contributed by atoms with Crippen LogP contribution in [0.3, 0.4) is 0 Å². The SMILES string of the molecule is CC1CN(C(C)(C)CNCc2ccc3c(c2)OCCO3)CC(C)O1. The van der Waals surface area contributed by atoms with E-state index in [-0.39, 0.29) is 5.54 Å². The number of nitrogens with zero attached hydrogens (tertiary/aromatic N) is 1. The third-order valence-electron chi connectivity index (χ3n) is 4.77. The normalized spacial score (nSPS) is 24.8. The molecule has 0 bridgehead atoms. The van der Waals surface area contributed by atoms with Crippen molar-refractivity contribution in [1.29, 1.82) is 0 Å². The van der Waals surface area contributed by atoms with Crippen LogP contribution in [0.4, 0.5) is 0 Å². The van der Waals surface area contributed by atoms with Crippen molar-refractivity contribution in [1.82, 2.24) is 10.2 Å². The summed E-state index contributed by atoms with van der Waals surface area (Å²) in [6.07, 6.45) is 0.594. The molecular weight excluding hydrogens is 304 g/mol. The van der Waals surface area contributed by atoms with Gasteiger partial charge < -0.3 is 19.5 Å². The average Bonchev–Trinajstić information content (AvgIpc) is 2.54. The fourth-order valence-electron chi connectivity index (χ4n) is 3.49. The Morgan fingerprint density at radius 3 is 2.46 bits per heavy atom. The Morgan fingerprint density at radius 2 is 1.75 bits per heavy atom. The van der Waals surface area contributed by atoms with Crippen molar-refractivity contribution in [2.24, 2.45) is 0 Å². The first-order valence-electron chi connectivity index (χ1n) is 8.94. The summed E-state index contributed by atoms with van der Waals surface area (Å²) in [7, 11) is 0. The number of benzene rings is 1. The summed E-state index contributed by atoms with van der Waals surface area (Å²) in [5.74, 6) is 1.71. The lowest BCUT2D eigenvalue weighted by Crippen LogP contribution is -2.58. The molecule has 1 saturated heterocycles. The van der Waals surface area contributed by atoms with Gasteiger partial charge in [0.05, 0.1) is 12.2 Å². The van der Waals surface area contributed by atoms with Gasteiger partial charge in [-0.1, -0.05) is 6.07 Å². The number of hydrogen-bond donors (Lipinski definition) is 1. The first-order chi connectivity index (χ1) is 11.4. The Balaban J connectivity index is 1.53. The fraction of sp³-hybridized carbons (Fsp3) is 0.684. The van der Waals surface area contributed by atoms with E-state index in [0.29, 0.717) is 25.4 Å². The number of nitrogens with one attached hydrogen (secondary N) is 1. The lowest BCUT2D eigenvalue weighted by Gasteiger charge is -2.45. The van der Waals surface area contributed by atoms with Gasteiger partial charge in [0.25, 0.3) is 0 Å². The highest BCUT2D eigenvalue weighted by Crippen LogP contribution is 2.30. The predicted molar refractivity (Wildman–Crippen MR) is 94.8 cm³/mol. The van der Waals surface area contributed by atoms with Crippen LogP contribution >= 0.6 is 0 Å². The predicted octanol–water partition coefficient (Wildman–Crippen LogP) is 2.44. The summed E-state index contributed by atoms with van der Waals surface area (Å²) in [4.78, 5) is 2.53. The molecule has 2 atom stereocenters. The van der Waals surface area contributed by atoms with Crippen LogP contribution in [0.2, 0.25) is 0 Å². The molecule has 134 valence electrons. The van der Waals surface area contributed by atoms with Crippen LogP contribution in [0.1, 0.15) is 33.3 Å². The third-order valence-corrected chi connectivity index (χ3v) is 4.77. The molecule has 2 aliphatic heterocycles. The standard InChI is InChI=1S/C19H30N2O3/c1-14-11-21(12-15(2)24-14)19(3,4)13-20-10-16-5-6-17-18(9-16)23-8-7-22-17/h5-6,9,14-15,20H,7-8,10-13H2,1-4H3. The van der Waals surface area contributed by atoms with Crippen LogP contribution in [0.5, 0.6) is 11.5 Å². The summed E-state index contributed by atoms with van der Waals surface area (Å²) >= 11 is 0. The highest BCUT2D eigenvalue weighted by atomic mass is 16.6. The van der Waals surface area contributed by atoms with Gasteiger partial charge in [0.15, 0.2) is 11.5 Å². The average molecular weight is 334 g/mol. The molecule has 0 spiro atoms. The van der Waals surface area contributed by atoms with E-state index in [9.17, 15) is 0 Å². The van der Waals surface area contributed by atoms with Gasteiger partial charge in [0.2, 0.25) is 0 Å². The van der Waals surface area contributed by atoms with Crippen molar-refractivity contribution in [2.75, 3.05) is 32.8 Å². The summed E-state index contributed by atoms with van der Waals surface area (Å²) < 4.78 is 17.1. The maximum Gasteiger partial charge on any atom is 0.161 e. The zero-order valence-corrected chi connectivity index (χ0v) is 15.3. The first kappa shape index (κ1) is 17.5. The Labute approximate surface area is 145 Å². The van der Waals surface area contributed by atoms with E-state index in [0.717, 1.165) is 37.7 Å². The number of morpholine rings is 1. The van der Waals surface area contributed by atoms with Crippen LogP contribution in [0, 0.1) is 0 Å². The van der Waals surface area contributed by atoms with Crippen molar-refractivity contribution in [3.05, 3.63) is 23.8 Å². The molecule has 0 aromatic heterocycles. The van der Waals surface area contributed by atoms with Gasteiger partial charge in [-0.15, -0.1) is 0 Å². The molecule has 3 rings (SSSR count). The van der Waals surface area contributed by atoms with Crippen molar-refractivity contribution >= 4 is 0 Å². The molecule has 1 fully saturated rings. The Bertz CT molecular complexity index is 552. The summed E-state index contributed by atoms with van der Waals surface area (Å²) in [5, 5.41) is 3.60. The number of fused-ring (bicyclic) bond motifs is 1. The molecule has 1 aromatic rings. The zero-order valence-electron chi connectivity index (χ0n) is 15.3. The minimum atomic E-state index is 0.0973. The topological polar surface area (TPSA) is 43.0 Å². The number of ether oxygens (including phenoxy) is 3. The molecule has 2 aliphatic rings. The Kier molecular flexibility index (Phi) is 5.33. The second-order valence-electron chi connectivity index (χ2n) is 7.56. The van der Waals surface area contributed by atoms with E-state index in [2.05, 4.69) is 50.0 Å². The van der Waals surface area contributed by atoms with Gasteiger partial charge in [-0.2, -0.15) is 0 Å². The second-order valence-corrected chi connectivity index (χ2v) is 7.56. The van der Waals surface area contributed by atoms with Gasteiger partial charge in [0, 0.05) is 31.7 Å². The number of hydrogen-bond acceptors (Lipinski definition) is 5. The molecule has 0 saturated carbocycles. The highest BCUT2D eigenvalue weighted by molar-refractivity contribution is 5.43. The zero-order chi connectivity index (χ0) is 17.2. The van der Waals surface area contributed by atoms with Crippen molar-refractivity contribution in [2.45, 2.75) is 52.0 Å². The highest BCUT2D eigenvalue weighted by Gasteiger charge is 2.32. The van der Waals surface area contributed by atoms with E-state index in [4.69, 9.17) is 14.2 Å². The van der Waals surface area contributed by atoms with Crippen LogP contribution < -0.4 is 14.8 Å². The fourth-order valence-corrected chi connectivity index (χ4v) is 3.49. The molecule has 1 N–H and O–H groups in total. The molecule has 0 amide bonds. The van der Waals surface area contributed by atoms with Crippen LogP contribution in [-0.2, 0) is 11.3 Å². The molecule has 0 aliphatic carbocycles. The molecule has 5 heteroatoms. The molecule has 0 radical (unpaired) electrons. The maximum atomic E-state index is 5.85. The monoisotopic (exact) mass is 334 g/mol. The molecule has 2 heterocycles. The van der Waals surface area contributed by atoms with E-state index in [1.165, 1.54) is 5.56 Å².